The van der Waals surface area contributed by atoms with Crippen LogP contribution in [0.2, 0.25) is 0 Å². The van der Waals surface area contributed by atoms with E-state index in [1.54, 1.807) is 0 Å². The summed E-state index contributed by atoms with van der Waals surface area (Å²) < 4.78 is 63.2. The zero-order valence-corrected chi connectivity index (χ0v) is 15.6. The molecule has 0 bridgehead atoms. The second-order valence-corrected chi connectivity index (χ2v) is 6.28. The minimum absolute atomic E-state index is 0.00469. The van der Waals surface area contributed by atoms with Crippen LogP contribution < -0.4 is 14.8 Å². The molecule has 0 saturated carbocycles. The number of anilines is 1. The lowest BCUT2D eigenvalue weighted by atomic mass is 10.2. The number of halogens is 4. The van der Waals surface area contributed by atoms with Crippen molar-refractivity contribution in [3.8, 4) is 22.2 Å². The van der Waals surface area contributed by atoms with Crippen molar-refractivity contribution in [3.63, 3.8) is 0 Å². The highest BCUT2D eigenvalue weighted by atomic mass is 32.1. The van der Waals surface area contributed by atoms with Crippen molar-refractivity contribution in [1.29, 1.82) is 0 Å². The molecule has 8 nitrogen and oxygen atoms in total. The van der Waals surface area contributed by atoms with Gasteiger partial charge in [0.05, 0.1) is 19.1 Å². The molecule has 0 aliphatic carbocycles. The van der Waals surface area contributed by atoms with Crippen LogP contribution in [-0.4, -0.2) is 40.1 Å². The number of methoxy groups -OCH3 is 2. The van der Waals surface area contributed by atoms with Gasteiger partial charge in [-0.3, -0.25) is 10.1 Å². The average Bonchev–Trinajstić information content (AvgIpc) is 3.12. The van der Waals surface area contributed by atoms with Gasteiger partial charge in [0.1, 0.15) is 6.33 Å². The van der Waals surface area contributed by atoms with Gasteiger partial charge in [-0.15, -0.1) is 0 Å². The quantitative estimate of drug-likeness (QED) is 0.490. The highest BCUT2D eigenvalue weighted by molar-refractivity contribution is 7.19. The minimum atomic E-state index is -4.81. The SMILES string of the molecule is COc1ncnc(OC)c1C(=O)Nc1nc(C(F)(F)F)c(-c2ccc(F)nc2)s1. The van der Waals surface area contributed by atoms with Gasteiger partial charge in [-0.2, -0.15) is 17.6 Å². The number of nitrogens with zero attached hydrogens (tertiary/aromatic N) is 4. The number of aromatic nitrogens is 4. The van der Waals surface area contributed by atoms with E-state index in [2.05, 4.69) is 25.3 Å². The molecular formula is C16H11F4N5O3S. The van der Waals surface area contributed by atoms with E-state index in [0.29, 0.717) is 11.3 Å². The number of amides is 1. The Bertz CT molecular complexity index is 1020. The zero-order valence-electron chi connectivity index (χ0n) is 14.7. The van der Waals surface area contributed by atoms with Crippen LogP contribution in [0.3, 0.4) is 0 Å². The minimum Gasteiger partial charge on any atom is -0.480 e. The Hall–Kier alpha value is -3.35. The predicted molar refractivity (Wildman–Crippen MR) is 93.4 cm³/mol. The average molecular weight is 429 g/mol. The standard InChI is InChI=1S/C16H11F4N5O3S/c1-27-13-9(14(28-2)23-6-22-13)12(26)25-15-24-11(16(18,19)20)10(29-15)7-3-4-8(17)21-5-7/h3-6H,1-2H3,(H,24,25,26). The van der Waals surface area contributed by atoms with Crippen LogP contribution in [0, 0.1) is 5.95 Å². The molecule has 13 heteroatoms. The number of nitrogens with one attached hydrogen (secondary N) is 1. The Morgan fingerprint density at radius 1 is 1.10 bits per heavy atom. The van der Waals surface area contributed by atoms with Crippen LogP contribution in [0.4, 0.5) is 22.7 Å². The van der Waals surface area contributed by atoms with E-state index in [4.69, 9.17) is 9.47 Å². The molecule has 1 N–H and O–H groups in total. The summed E-state index contributed by atoms with van der Waals surface area (Å²) in [6.45, 7) is 0. The molecule has 3 rings (SSSR count). The van der Waals surface area contributed by atoms with Gasteiger partial charge in [-0.05, 0) is 12.1 Å². The first-order chi connectivity index (χ1) is 13.7. The Balaban J connectivity index is 2.01. The summed E-state index contributed by atoms with van der Waals surface area (Å²) in [5.74, 6) is -2.00. The summed E-state index contributed by atoms with van der Waals surface area (Å²) in [6, 6.07) is 2.05. The van der Waals surface area contributed by atoms with E-state index in [-0.39, 0.29) is 32.9 Å². The molecule has 3 heterocycles. The maximum atomic E-state index is 13.4. The van der Waals surface area contributed by atoms with Crippen molar-refractivity contribution in [2.75, 3.05) is 19.5 Å². The third kappa shape index (κ3) is 4.23. The number of alkyl halides is 3. The molecule has 0 saturated heterocycles. The molecule has 152 valence electrons. The largest absolute Gasteiger partial charge is 0.480 e. The van der Waals surface area contributed by atoms with Crippen molar-refractivity contribution in [2.45, 2.75) is 6.18 Å². The van der Waals surface area contributed by atoms with E-state index < -0.39 is 23.7 Å². The molecule has 0 aromatic carbocycles. The van der Waals surface area contributed by atoms with Crippen molar-refractivity contribution in [2.24, 2.45) is 0 Å². The molecule has 29 heavy (non-hydrogen) atoms. The topological polar surface area (TPSA) is 99.1 Å². The van der Waals surface area contributed by atoms with E-state index in [1.807, 2.05) is 0 Å². The maximum absolute atomic E-state index is 13.4. The third-order valence-electron chi connectivity index (χ3n) is 3.50. The van der Waals surface area contributed by atoms with Crippen LogP contribution in [-0.2, 0) is 6.18 Å². The van der Waals surface area contributed by atoms with Crippen LogP contribution in [0.15, 0.2) is 24.7 Å². The Kier molecular flexibility index (Phi) is 5.59. The summed E-state index contributed by atoms with van der Waals surface area (Å²) in [6.07, 6.45) is -2.77. The van der Waals surface area contributed by atoms with Crippen molar-refractivity contribution < 1.29 is 31.8 Å². The molecule has 0 spiro atoms. The molecule has 0 fully saturated rings. The normalized spacial score (nSPS) is 11.2. The van der Waals surface area contributed by atoms with E-state index in [1.165, 1.54) is 14.2 Å². The zero-order chi connectivity index (χ0) is 21.2. The number of thiazole rings is 1. The van der Waals surface area contributed by atoms with E-state index in [9.17, 15) is 22.4 Å². The second kappa shape index (κ2) is 7.95. The van der Waals surface area contributed by atoms with E-state index in [0.717, 1.165) is 24.7 Å². The summed E-state index contributed by atoms with van der Waals surface area (Å²) in [4.78, 5) is 26.6. The number of hydrogen-bond acceptors (Lipinski definition) is 8. The molecule has 0 radical (unpaired) electrons. The molecule has 1 amide bonds. The maximum Gasteiger partial charge on any atom is 0.434 e. The van der Waals surface area contributed by atoms with Gasteiger partial charge in [-0.25, -0.2) is 19.9 Å². The van der Waals surface area contributed by atoms with Crippen molar-refractivity contribution in [1.82, 2.24) is 19.9 Å². The van der Waals surface area contributed by atoms with Crippen LogP contribution in [0.5, 0.6) is 11.8 Å². The number of carbonyl (C=O) groups is 1. The number of hydrogen-bond donors (Lipinski definition) is 1. The van der Waals surface area contributed by atoms with Gasteiger partial charge >= 0.3 is 6.18 Å². The summed E-state index contributed by atoms with van der Waals surface area (Å²) in [5, 5.41) is 1.90. The molecule has 0 aliphatic rings. The first-order valence-electron chi connectivity index (χ1n) is 7.69. The summed E-state index contributed by atoms with van der Waals surface area (Å²) in [7, 11) is 2.51. The van der Waals surface area contributed by atoms with Crippen LogP contribution in [0.1, 0.15) is 16.1 Å². The Morgan fingerprint density at radius 3 is 2.28 bits per heavy atom. The molecule has 0 unspecified atom stereocenters. The first-order valence-corrected chi connectivity index (χ1v) is 8.50. The van der Waals surface area contributed by atoms with Gasteiger partial charge in [0.2, 0.25) is 17.7 Å². The van der Waals surface area contributed by atoms with Gasteiger partial charge in [-0.1, -0.05) is 11.3 Å². The number of carbonyl (C=O) groups excluding carboxylic acids is 1. The van der Waals surface area contributed by atoms with E-state index >= 15 is 0 Å². The predicted octanol–water partition coefficient (Wildman–Crippen LogP) is 3.42. The van der Waals surface area contributed by atoms with Crippen molar-refractivity contribution >= 4 is 22.4 Å². The molecule has 3 aromatic rings. The van der Waals surface area contributed by atoms with Crippen LogP contribution in [0.25, 0.3) is 10.4 Å². The lowest BCUT2D eigenvalue weighted by molar-refractivity contribution is -0.140. The second-order valence-electron chi connectivity index (χ2n) is 5.29. The molecule has 0 atom stereocenters. The lowest BCUT2D eigenvalue weighted by Gasteiger charge is -2.09. The fraction of sp³-hybridized carbons (Fsp3) is 0.188. The van der Waals surface area contributed by atoms with Gasteiger partial charge in [0.25, 0.3) is 5.91 Å². The lowest BCUT2D eigenvalue weighted by Crippen LogP contribution is -2.16. The first kappa shape index (κ1) is 20.4. The summed E-state index contributed by atoms with van der Waals surface area (Å²) >= 11 is 0.547. The number of rotatable bonds is 5. The smallest absolute Gasteiger partial charge is 0.434 e. The molecule has 0 aliphatic heterocycles. The van der Waals surface area contributed by atoms with Crippen molar-refractivity contribution in [3.05, 3.63) is 41.9 Å². The van der Waals surface area contributed by atoms with Crippen LogP contribution >= 0.6 is 11.3 Å². The highest BCUT2D eigenvalue weighted by Crippen LogP contribution is 2.42. The van der Waals surface area contributed by atoms with Gasteiger partial charge in [0, 0.05) is 11.8 Å². The fourth-order valence-corrected chi connectivity index (χ4v) is 3.26. The fourth-order valence-electron chi connectivity index (χ4n) is 2.29. The summed E-state index contributed by atoms with van der Waals surface area (Å²) in [5.41, 5.74) is -1.46. The molecule has 3 aromatic heterocycles. The Labute approximate surface area is 164 Å². The number of ether oxygens (including phenoxy) is 2. The number of pyridine rings is 1. The third-order valence-corrected chi connectivity index (χ3v) is 4.52. The van der Waals surface area contributed by atoms with Gasteiger partial charge < -0.3 is 9.47 Å². The highest BCUT2D eigenvalue weighted by Gasteiger charge is 2.38. The Morgan fingerprint density at radius 2 is 1.76 bits per heavy atom. The monoisotopic (exact) mass is 429 g/mol. The molecular weight excluding hydrogens is 418 g/mol. The van der Waals surface area contributed by atoms with Gasteiger partial charge in [0.15, 0.2) is 16.4 Å².